The van der Waals surface area contributed by atoms with Gasteiger partial charge in [-0.05, 0) is 94.8 Å². The summed E-state index contributed by atoms with van der Waals surface area (Å²) in [4.78, 5) is 25.1. The average Bonchev–Trinajstić information content (AvgIpc) is 2.97. The van der Waals surface area contributed by atoms with Crippen LogP contribution in [0.15, 0.2) is 109 Å². The van der Waals surface area contributed by atoms with Crippen molar-refractivity contribution in [3.8, 4) is 11.1 Å². The van der Waals surface area contributed by atoms with Crippen molar-refractivity contribution in [3.63, 3.8) is 0 Å². The smallest absolute Gasteiger partial charge is 0.187 e. The molecule has 0 saturated heterocycles. The maximum absolute atomic E-state index is 12.5. The molecule has 0 fully saturated rings. The Morgan fingerprint density at radius 2 is 0.950 bits per heavy atom. The van der Waals surface area contributed by atoms with Crippen molar-refractivity contribution in [2.75, 3.05) is 10.6 Å². The van der Waals surface area contributed by atoms with Gasteiger partial charge in [0.25, 0.3) is 0 Å². The molecule has 2 N–H and O–H groups in total. The molecule has 0 bridgehead atoms. The highest BCUT2D eigenvalue weighted by molar-refractivity contribution is 6.30. The first-order chi connectivity index (χ1) is 19.5. The summed E-state index contributed by atoms with van der Waals surface area (Å²) in [5.74, 6) is -0.0114. The number of rotatable bonds is 5. The Morgan fingerprint density at radius 1 is 0.525 bits per heavy atom. The predicted octanol–water partition coefficient (Wildman–Crippen LogP) is 8.07. The summed E-state index contributed by atoms with van der Waals surface area (Å²) in [6.45, 7) is 4.12. The molecule has 2 aliphatic carbocycles. The fourth-order valence-corrected chi connectivity index (χ4v) is 5.16. The van der Waals surface area contributed by atoms with E-state index in [0.29, 0.717) is 11.1 Å². The maximum atomic E-state index is 12.5. The van der Waals surface area contributed by atoms with Crippen molar-refractivity contribution in [2.24, 2.45) is 0 Å². The van der Waals surface area contributed by atoms with Gasteiger partial charge in [0, 0.05) is 34.9 Å². The van der Waals surface area contributed by atoms with Crippen molar-refractivity contribution in [2.45, 2.75) is 13.8 Å². The molecule has 6 rings (SSSR count). The van der Waals surface area contributed by atoms with E-state index in [-0.39, 0.29) is 11.6 Å². The third kappa shape index (κ3) is 4.83. The summed E-state index contributed by atoms with van der Waals surface area (Å²) >= 11 is 0. The molecule has 0 heterocycles. The quantitative estimate of drug-likeness (QED) is 0.261. The normalized spacial score (nSPS) is 15.8. The Labute approximate surface area is 234 Å². The average molecular weight is 521 g/mol. The fourth-order valence-electron chi connectivity index (χ4n) is 5.16. The van der Waals surface area contributed by atoms with Gasteiger partial charge in [-0.3, -0.25) is 9.59 Å². The van der Waals surface area contributed by atoms with Crippen LogP contribution in [0.3, 0.4) is 0 Å². The Balaban J connectivity index is 1.20. The van der Waals surface area contributed by atoms with Crippen molar-refractivity contribution in [1.29, 1.82) is 0 Å². The van der Waals surface area contributed by atoms with Gasteiger partial charge >= 0.3 is 0 Å². The van der Waals surface area contributed by atoms with Gasteiger partial charge in [-0.25, -0.2) is 0 Å². The van der Waals surface area contributed by atoms with Crippen LogP contribution in [-0.2, 0) is 9.59 Å². The SMILES string of the molecule is Cc1cc(-c2ccc(NC=C3C(=O)C=Cc4ccccc43)c(C)c2)ccc1NC=C1C(=O)C=Cc2ccccc21. The summed E-state index contributed by atoms with van der Waals surface area (Å²) in [6, 6.07) is 28.4. The van der Waals surface area contributed by atoms with E-state index >= 15 is 0 Å². The largest absolute Gasteiger partial charge is 0.361 e. The summed E-state index contributed by atoms with van der Waals surface area (Å²) < 4.78 is 0. The molecule has 40 heavy (non-hydrogen) atoms. The van der Waals surface area contributed by atoms with E-state index in [1.54, 1.807) is 24.6 Å². The molecule has 4 nitrogen and oxygen atoms in total. The van der Waals surface area contributed by atoms with Gasteiger partial charge in [-0.1, -0.05) is 72.8 Å². The molecule has 0 aromatic heterocycles. The molecule has 2 aliphatic rings. The van der Waals surface area contributed by atoms with Crippen LogP contribution in [0, 0.1) is 13.8 Å². The summed E-state index contributed by atoms with van der Waals surface area (Å²) in [6.07, 6.45) is 10.6. The third-order valence-corrected chi connectivity index (χ3v) is 7.39. The lowest BCUT2D eigenvalue weighted by molar-refractivity contribution is -0.110. The molecule has 4 aromatic rings. The molecular weight excluding hydrogens is 492 g/mol. The molecular formula is C36H28N2O2. The van der Waals surface area contributed by atoms with Crippen molar-refractivity contribution >= 4 is 46.2 Å². The topological polar surface area (TPSA) is 58.2 Å². The Bertz CT molecular complexity index is 1670. The third-order valence-electron chi connectivity index (χ3n) is 7.39. The number of carbonyl (C=O) groups excluding carboxylic acids is 2. The Morgan fingerprint density at radius 3 is 1.38 bits per heavy atom. The molecule has 0 amide bonds. The van der Waals surface area contributed by atoms with Crippen molar-refractivity contribution in [3.05, 3.63) is 143 Å². The van der Waals surface area contributed by atoms with Gasteiger partial charge in [0.15, 0.2) is 11.6 Å². The maximum Gasteiger partial charge on any atom is 0.187 e. The molecule has 194 valence electrons. The zero-order valence-electron chi connectivity index (χ0n) is 22.4. The first kappa shape index (κ1) is 25.1. The van der Waals surface area contributed by atoms with Crippen LogP contribution < -0.4 is 10.6 Å². The van der Waals surface area contributed by atoms with Crippen LogP contribution in [0.4, 0.5) is 11.4 Å². The van der Waals surface area contributed by atoms with E-state index in [1.165, 1.54) is 0 Å². The minimum atomic E-state index is -0.00572. The van der Waals surface area contributed by atoms with E-state index in [0.717, 1.165) is 55.9 Å². The molecule has 0 radical (unpaired) electrons. The van der Waals surface area contributed by atoms with Gasteiger partial charge in [0.2, 0.25) is 0 Å². The summed E-state index contributed by atoms with van der Waals surface area (Å²) in [5.41, 5.74) is 11.5. The van der Waals surface area contributed by atoms with E-state index in [9.17, 15) is 9.59 Å². The lowest BCUT2D eigenvalue weighted by Gasteiger charge is -2.15. The van der Waals surface area contributed by atoms with Gasteiger partial charge in [-0.15, -0.1) is 0 Å². The summed E-state index contributed by atoms with van der Waals surface area (Å²) in [7, 11) is 0. The predicted molar refractivity (Wildman–Crippen MR) is 166 cm³/mol. The number of hydrogen-bond acceptors (Lipinski definition) is 4. The first-order valence-electron chi connectivity index (χ1n) is 13.3. The number of allylic oxidation sites excluding steroid dienone is 4. The number of benzene rings is 4. The number of hydrogen-bond donors (Lipinski definition) is 2. The monoisotopic (exact) mass is 520 g/mol. The molecule has 0 spiro atoms. The van der Waals surface area contributed by atoms with Gasteiger partial charge in [-0.2, -0.15) is 0 Å². The van der Waals surface area contributed by atoms with Gasteiger partial charge < -0.3 is 10.6 Å². The number of ketones is 2. The lowest BCUT2D eigenvalue weighted by atomic mass is 9.92. The minimum absolute atomic E-state index is 0.00572. The number of nitrogens with one attached hydrogen (secondary N) is 2. The Kier molecular flexibility index (Phi) is 6.59. The zero-order valence-corrected chi connectivity index (χ0v) is 22.4. The number of anilines is 2. The van der Waals surface area contributed by atoms with Crippen LogP contribution >= 0.6 is 0 Å². The second kappa shape index (κ2) is 10.5. The van der Waals surface area contributed by atoms with Crippen molar-refractivity contribution in [1.82, 2.24) is 0 Å². The Hall–Kier alpha value is -5.22. The first-order valence-corrected chi connectivity index (χ1v) is 13.3. The molecule has 0 atom stereocenters. The zero-order chi connectivity index (χ0) is 27.6. The molecule has 4 heteroatoms. The van der Waals surface area contributed by atoms with E-state index < -0.39 is 0 Å². The van der Waals surface area contributed by atoms with E-state index in [4.69, 9.17) is 0 Å². The second-order valence-electron chi connectivity index (χ2n) is 10.0. The van der Waals surface area contributed by atoms with Gasteiger partial charge in [0.1, 0.15) is 0 Å². The molecule has 0 unspecified atom stereocenters. The minimum Gasteiger partial charge on any atom is -0.361 e. The van der Waals surface area contributed by atoms with E-state index in [1.807, 2.05) is 72.8 Å². The standard InChI is InChI=1S/C36H28N2O2/c1-23-19-27(11-15-33(23)37-21-31-29-9-5-3-7-25(29)13-17-35(31)39)28-12-16-34(24(2)20-28)38-22-32-30-10-6-4-8-26(30)14-18-36(32)40/h3-22,37-38H,1-2H3. The molecule has 0 aliphatic heterocycles. The van der Waals surface area contributed by atoms with Crippen LogP contribution in [0.25, 0.3) is 34.4 Å². The van der Waals surface area contributed by atoms with Crippen LogP contribution in [0.2, 0.25) is 0 Å². The lowest BCUT2D eigenvalue weighted by Crippen LogP contribution is -2.07. The number of fused-ring (bicyclic) bond motifs is 2. The number of carbonyl (C=O) groups is 2. The molecule has 4 aromatic carbocycles. The van der Waals surface area contributed by atoms with E-state index in [2.05, 4.69) is 48.7 Å². The fraction of sp³-hybridized carbons (Fsp3) is 0.0556. The van der Waals surface area contributed by atoms with Crippen LogP contribution in [0.1, 0.15) is 33.4 Å². The van der Waals surface area contributed by atoms with Gasteiger partial charge in [0.05, 0.1) is 0 Å². The summed E-state index contributed by atoms with van der Waals surface area (Å²) in [5, 5.41) is 6.69. The second-order valence-corrected chi connectivity index (χ2v) is 10.0. The highest BCUT2D eigenvalue weighted by Gasteiger charge is 2.18. The highest BCUT2D eigenvalue weighted by atomic mass is 16.1. The van der Waals surface area contributed by atoms with Crippen LogP contribution in [0.5, 0.6) is 0 Å². The molecule has 0 saturated carbocycles. The van der Waals surface area contributed by atoms with Crippen molar-refractivity contribution < 1.29 is 9.59 Å². The highest BCUT2D eigenvalue weighted by Crippen LogP contribution is 2.31. The number of aryl methyl sites for hydroxylation is 2. The van der Waals surface area contributed by atoms with Crippen LogP contribution in [-0.4, -0.2) is 11.6 Å².